The first-order valence-corrected chi connectivity index (χ1v) is 17.9. The fourth-order valence-corrected chi connectivity index (χ4v) is 8.93. The van der Waals surface area contributed by atoms with Gasteiger partial charge in [0.05, 0.1) is 44.1 Å². The van der Waals surface area contributed by atoms with Crippen LogP contribution >= 0.6 is 0 Å². The standard InChI is InChI=1S/C27H42N4O3.C9H16/c1-32-14-15-34-17-16-33-13-12-30-11-5-6-21(20-30)27-29-25-9-2-3-10-26(25)31(27)24-18-22-7-4-8-23(19-24)28-22;1-3-8-5-2-6-9(4-1)7-8/h2-3,9-10,21-24,28H,4-8,11-20H2,1H3;8-9H,1-7H2. The molecule has 7 rings (SSSR count). The Morgan fingerprint density at radius 3 is 2.16 bits per heavy atom. The largest absolute Gasteiger partial charge is 0.382 e. The number of likely N-dealkylation sites (tertiary alicyclic amines) is 1. The Balaban J connectivity index is 0.000000310. The molecule has 2 aliphatic carbocycles. The Morgan fingerprint density at radius 2 is 1.44 bits per heavy atom. The molecule has 5 aliphatic rings. The Labute approximate surface area is 260 Å². The Kier molecular flexibility index (Phi) is 11.8. The van der Waals surface area contributed by atoms with Gasteiger partial charge >= 0.3 is 0 Å². The first-order chi connectivity index (χ1) is 21.3. The lowest BCUT2D eigenvalue weighted by atomic mass is 9.72. The summed E-state index contributed by atoms with van der Waals surface area (Å²) in [6.07, 6.45) is 19.8. The average molecular weight is 595 g/mol. The molecule has 1 aromatic heterocycles. The molecule has 0 spiro atoms. The van der Waals surface area contributed by atoms with E-state index in [4.69, 9.17) is 19.2 Å². The fourth-order valence-electron chi connectivity index (χ4n) is 8.93. The SMILES string of the molecule is C1CC2CCCC(C1)C2.COCCOCCOCCN1CCCC(c2nc3ccccc3n2C2CC3CCCC(C2)N3)C1. The highest BCUT2D eigenvalue weighted by atomic mass is 16.5. The lowest BCUT2D eigenvalue weighted by Gasteiger charge is -2.42. The summed E-state index contributed by atoms with van der Waals surface area (Å²) < 4.78 is 19.0. The summed E-state index contributed by atoms with van der Waals surface area (Å²) in [7, 11) is 1.69. The topological polar surface area (TPSA) is 60.8 Å². The van der Waals surface area contributed by atoms with E-state index in [1.807, 2.05) is 0 Å². The highest BCUT2D eigenvalue weighted by Crippen LogP contribution is 2.40. The summed E-state index contributed by atoms with van der Waals surface area (Å²) in [5.41, 5.74) is 2.49. The lowest BCUT2D eigenvalue weighted by molar-refractivity contribution is 0.0177. The molecule has 3 aliphatic heterocycles. The van der Waals surface area contributed by atoms with E-state index in [1.54, 1.807) is 39.2 Å². The molecule has 7 nitrogen and oxygen atoms in total. The van der Waals surface area contributed by atoms with Crippen LogP contribution in [0, 0.1) is 11.8 Å². The minimum atomic E-state index is 0.494. The maximum absolute atomic E-state index is 5.83. The Morgan fingerprint density at radius 1 is 0.767 bits per heavy atom. The molecule has 4 bridgehead atoms. The lowest BCUT2D eigenvalue weighted by Crippen LogP contribution is -2.49. The minimum absolute atomic E-state index is 0.494. The summed E-state index contributed by atoms with van der Waals surface area (Å²) >= 11 is 0. The van der Waals surface area contributed by atoms with Crippen LogP contribution in [0.4, 0.5) is 0 Å². The van der Waals surface area contributed by atoms with Gasteiger partial charge in [0, 0.05) is 44.2 Å². The maximum atomic E-state index is 5.83. The second-order valence-corrected chi connectivity index (χ2v) is 14.1. The molecule has 43 heavy (non-hydrogen) atoms. The van der Waals surface area contributed by atoms with Crippen LogP contribution in [-0.2, 0) is 14.2 Å². The monoisotopic (exact) mass is 594 g/mol. The molecular weight excluding hydrogens is 536 g/mol. The first-order valence-electron chi connectivity index (χ1n) is 17.9. The van der Waals surface area contributed by atoms with Gasteiger partial charge in [0.25, 0.3) is 0 Å². The minimum Gasteiger partial charge on any atom is -0.382 e. The number of hydrogen-bond acceptors (Lipinski definition) is 6. The molecule has 2 aromatic rings. The fraction of sp³-hybridized carbons (Fsp3) is 0.806. The summed E-state index contributed by atoms with van der Waals surface area (Å²) in [5.74, 6) is 4.12. The van der Waals surface area contributed by atoms with Crippen molar-refractivity contribution in [3.05, 3.63) is 30.1 Å². The number of nitrogens with zero attached hydrogens (tertiary/aromatic N) is 3. The maximum Gasteiger partial charge on any atom is 0.114 e. The number of aromatic nitrogens is 2. The van der Waals surface area contributed by atoms with E-state index in [1.165, 1.54) is 69.1 Å². The quantitative estimate of drug-likeness (QED) is 0.292. The Bertz CT molecular complexity index is 1080. The number of para-hydroxylation sites is 2. The van der Waals surface area contributed by atoms with E-state index < -0.39 is 0 Å². The van der Waals surface area contributed by atoms with Gasteiger partial charge in [-0.3, -0.25) is 0 Å². The van der Waals surface area contributed by atoms with Crippen LogP contribution in [-0.4, -0.2) is 86.3 Å². The molecule has 240 valence electrons. The molecule has 0 radical (unpaired) electrons. The number of hydrogen-bond donors (Lipinski definition) is 1. The van der Waals surface area contributed by atoms with Gasteiger partial charge < -0.3 is 29.0 Å². The first kappa shape index (κ1) is 31.5. The van der Waals surface area contributed by atoms with E-state index in [-0.39, 0.29) is 0 Å². The summed E-state index contributed by atoms with van der Waals surface area (Å²) in [5, 5.41) is 3.88. The molecule has 5 fully saturated rings. The van der Waals surface area contributed by atoms with E-state index >= 15 is 0 Å². The average Bonchev–Trinajstić information content (AvgIpc) is 3.43. The number of imidazole rings is 1. The molecule has 1 aromatic carbocycles. The highest BCUT2D eigenvalue weighted by Gasteiger charge is 2.35. The van der Waals surface area contributed by atoms with Crippen molar-refractivity contribution in [2.45, 2.75) is 114 Å². The smallest absolute Gasteiger partial charge is 0.114 e. The third-order valence-corrected chi connectivity index (χ3v) is 11.0. The van der Waals surface area contributed by atoms with Crippen molar-refractivity contribution in [1.29, 1.82) is 0 Å². The van der Waals surface area contributed by atoms with Gasteiger partial charge in [-0.15, -0.1) is 0 Å². The Hall–Kier alpha value is -1.51. The van der Waals surface area contributed by atoms with Crippen LogP contribution in [0.25, 0.3) is 11.0 Å². The predicted molar refractivity (Wildman–Crippen MR) is 174 cm³/mol. The number of rotatable bonds is 11. The molecule has 3 atom stereocenters. The molecule has 3 saturated heterocycles. The van der Waals surface area contributed by atoms with E-state index in [2.05, 4.69) is 39.0 Å². The zero-order valence-electron chi connectivity index (χ0n) is 26.9. The van der Waals surface area contributed by atoms with E-state index in [0.717, 1.165) is 43.6 Å². The molecule has 1 N–H and O–H groups in total. The van der Waals surface area contributed by atoms with Crippen LogP contribution in [0.15, 0.2) is 24.3 Å². The number of ether oxygens (including phenoxy) is 3. The summed E-state index contributed by atoms with van der Waals surface area (Å²) in [6.45, 7) is 6.52. The van der Waals surface area contributed by atoms with Crippen LogP contribution in [0.5, 0.6) is 0 Å². The van der Waals surface area contributed by atoms with Crippen molar-refractivity contribution in [2.75, 3.05) is 59.8 Å². The second-order valence-electron chi connectivity index (χ2n) is 14.1. The van der Waals surface area contributed by atoms with Crippen molar-refractivity contribution < 1.29 is 14.2 Å². The van der Waals surface area contributed by atoms with Gasteiger partial charge in [0.1, 0.15) is 5.82 Å². The number of fused-ring (bicyclic) bond motifs is 5. The molecule has 0 amide bonds. The van der Waals surface area contributed by atoms with Gasteiger partial charge in [-0.2, -0.15) is 0 Å². The zero-order chi connectivity index (χ0) is 29.3. The number of piperidine rings is 3. The zero-order valence-corrected chi connectivity index (χ0v) is 26.9. The third-order valence-electron chi connectivity index (χ3n) is 11.0. The molecule has 4 heterocycles. The summed E-state index contributed by atoms with van der Waals surface area (Å²) in [4.78, 5) is 7.81. The van der Waals surface area contributed by atoms with Gasteiger partial charge in [0.15, 0.2) is 0 Å². The van der Waals surface area contributed by atoms with Gasteiger partial charge in [-0.1, -0.05) is 57.1 Å². The second kappa shape index (κ2) is 16.2. The van der Waals surface area contributed by atoms with E-state index in [0.29, 0.717) is 50.5 Å². The van der Waals surface area contributed by atoms with Crippen LogP contribution in [0.2, 0.25) is 0 Å². The number of methoxy groups -OCH3 is 1. The van der Waals surface area contributed by atoms with Crippen molar-refractivity contribution in [3.63, 3.8) is 0 Å². The molecular formula is C36H58N4O3. The van der Waals surface area contributed by atoms with E-state index in [9.17, 15) is 0 Å². The molecule has 2 saturated carbocycles. The van der Waals surface area contributed by atoms with Crippen molar-refractivity contribution in [3.8, 4) is 0 Å². The van der Waals surface area contributed by atoms with Gasteiger partial charge in [0.2, 0.25) is 0 Å². The number of nitrogens with one attached hydrogen (secondary N) is 1. The van der Waals surface area contributed by atoms with Crippen molar-refractivity contribution >= 4 is 11.0 Å². The van der Waals surface area contributed by atoms with Crippen molar-refractivity contribution in [2.24, 2.45) is 11.8 Å². The summed E-state index contributed by atoms with van der Waals surface area (Å²) in [6, 6.07) is 10.7. The van der Waals surface area contributed by atoms with Crippen LogP contribution in [0.3, 0.4) is 0 Å². The normalized spacial score (nSPS) is 31.0. The number of benzene rings is 1. The van der Waals surface area contributed by atoms with Crippen molar-refractivity contribution in [1.82, 2.24) is 19.8 Å². The highest BCUT2D eigenvalue weighted by molar-refractivity contribution is 5.76. The predicted octanol–water partition coefficient (Wildman–Crippen LogP) is 6.72. The van der Waals surface area contributed by atoms with Crippen LogP contribution < -0.4 is 5.32 Å². The molecule has 3 unspecified atom stereocenters. The third kappa shape index (κ3) is 8.61. The van der Waals surface area contributed by atoms with Gasteiger partial charge in [-0.25, -0.2) is 4.98 Å². The van der Waals surface area contributed by atoms with Crippen LogP contribution in [0.1, 0.15) is 108 Å². The molecule has 7 heteroatoms. The van der Waals surface area contributed by atoms with Gasteiger partial charge in [-0.05, 0) is 75.5 Å².